The van der Waals surface area contributed by atoms with Gasteiger partial charge in [0, 0.05) is 6.42 Å². The summed E-state index contributed by atoms with van der Waals surface area (Å²) in [5.41, 5.74) is 0. The third-order valence-corrected chi connectivity index (χ3v) is 12.4. The number of unbranched alkanes of at least 4 members (excludes halogenated alkanes) is 36. The number of aliphatic hydroxyl groups is 2. The highest BCUT2D eigenvalue weighted by Gasteiger charge is 2.24. The maximum Gasteiger partial charge on any atom is 0.306 e. The molecule has 0 aromatic rings. The second-order valence-electron chi connectivity index (χ2n) is 18.3. The number of carbonyl (C=O) groups is 2. The summed E-state index contributed by atoms with van der Waals surface area (Å²) in [5.74, 6) is -0.450. The van der Waals surface area contributed by atoms with Crippen LogP contribution in [0.25, 0.3) is 0 Å². The van der Waals surface area contributed by atoms with E-state index in [9.17, 15) is 19.8 Å². The maximum atomic E-state index is 13.2. The molecule has 58 heavy (non-hydrogen) atoms. The van der Waals surface area contributed by atoms with Crippen molar-refractivity contribution in [3.63, 3.8) is 0 Å². The lowest BCUT2D eigenvalue weighted by atomic mass is 10.0. The van der Waals surface area contributed by atoms with Crippen molar-refractivity contribution in [1.29, 1.82) is 0 Å². The highest BCUT2D eigenvalue weighted by atomic mass is 16.5. The lowest BCUT2D eigenvalue weighted by molar-refractivity contribution is -0.151. The van der Waals surface area contributed by atoms with Crippen LogP contribution in [0, 0.1) is 0 Å². The zero-order valence-electron chi connectivity index (χ0n) is 39.5. The molecule has 6 nitrogen and oxygen atoms in total. The summed E-state index contributed by atoms with van der Waals surface area (Å²) in [6.07, 6.45) is 50.2. The first-order chi connectivity index (χ1) is 28.5. The fourth-order valence-corrected chi connectivity index (χ4v) is 8.43. The topological polar surface area (TPSA) is 95.9 Å². The highest BCUT2D eigenvalue weighted by Crippen LogP contribution is 2.19. The van der Waals surface area contributed by atoms with Crippen LogP contribution >= 0.6 is 0 Å². The molecule has 0 spiro atoms. The van der Waals surface area contributed by atoms with Crippen molar-refractivity contribution in [2.45, 2.75) is 315 Å². The highest BCUT2D eigenvalue weighted by molar-refractivity contribution is 5.77. The van der Waals surface area contributed by atoms with Crippen LogP contribution in [0.3, 0.4) is 0 Å². The van der Waals surface area contributed by atoms with Gasteiger partial charge in [-0.1, -0.05) is 258 Å². The number of aliphatic hydroxyl groups excluding tert-OH is 2. The molecule has 0 radical (unpaired) electrons. The van der Waals surface area contributed by atoms with Crippen LogP contribution in [-0.2, 0) is 14.3 Å². The summed E-state index contributed by atoms with van der Waals surface area (Å²) in [6.45, 7) is 6.51. The molecule has 6 heteroatoms. The van der Waals surface area contributed by atoms with E-state index in [1.54, 1.807) is 0 Å². The number of hydrogen-bond acceptors (Lipinski definition) is 5. The number of esters is 1. The summed E-state index contributed by atoms with van der Waals surface area (Å²) < 4.78 is 5.94. The standard InChI is InChI=1S/C52H103NO5/c1-4-7-10-13-16-19-22-24-25-27-29-31-34-37-40-43-48(58-52(57)45-42-39-36-33-30-26-23-20-17-14-11-8-5-2)46-51(56)53-49(47-54)50(55)44-41-38-35-32-28-21-18-15-12-9-6-3/h48-50,54-55H,4-47H2,1-3H3,(H,53,56). The lowest BCUT2D eigenvalue weighted by Gasteiger charge is -2.24. The molecule has 0 aromatic heterocycles. The van der Waals surface area contributed by atoms with Crippen molar-refractivity contribution in [3.8, 4) is 0 Å². The van der Waals surface area contributed by atoms with Crippen LogP contribution in [0.4, 0.5) is 0 Å². The van der Waals surface area contributed by atoms with Crippen LogP contribution in [0.2, 0.25) is 0 Å². The Morgan fingerprint density at radius 2 is 0.724 bits per heavy atom. The van der Waals surface area contributed by atoms with Gasteiger partial charge in [-0.25, -0.2) is 0 Å². The fourth-order valence-electron chi connectivity index (χ4n) is 8.43. The summed E-state index contributed by atoms with van der Waals surface area (Å²) in [6, 6.07) is -0.691. The van der Waals surface area contributed by atoms with Crippen molar-refractivity contribution in [2.75, 3.05) is 6.61 Å². The van der Waals surface area contributed by atoms with E-state index >= 15 is 0 Å². The molecule has 0 aliphatic carbocycles. The number of carbonyl (C=O) groups excluding carboxylic acids is 2. The van der Waals surface area contributed by atoms with Crippen LogP contribution in [0.5, 0.6) is 0 Å². The molecule has 0 aliphatic heterocycles. The summed E-state index contributed by atoms with van der Waals surface area (Å²) in [4.78, 5) is 26.1. The Labute approximate surface area is 362 Å². The van der Waals surface area contributed by atoms with Gasteiger partial charge in [0.05, 0.1) is 25.2 Å². The number of rotatable bonds is 48. The molecule has 0 saturated carbocycles. The van der Waals surface area contributed by atoms with Gasteiger partial charge in [-0.15, -0.1) is 0 Å². The van der Waals surface area contributed by atoms with Crippen molar-refractivity contribution in [2.24, 2.45) is 0 Å². The Balaban J connectivity index is 4.52. The van der Waals surface area contributed by atoms with Gasteiger partial charge in [0.25, 0.3) is 0 Å². The Morgan fingerprint density at radius 3 is 1.05 bits per heavy atom. The molecule has 3 unspecified atom stereocenters. The van der Waals surface area contributed by atoms with E-state index in [0.29, 0.717) is 19.3 Å². The van der Waals surface area contributed by atoms with Gasteiger partial charge >= 0.3 is 5.97 Å². The third-order valence-electron chi connectivity index (χ3n) is 12.4. The molecule has 0 saturated heterocycles. The SMILES string of the molecule is CCCCCCCCCCCCCCCCCC(CC(=O)NC(CO)C(O)CCCCCCCCCCCCC)OC(=O)CCCCCCCCCCCCCCC. The largest absolute Gasteiger partial charge is 0.462 e. The summed E-state index contributed by atoms with van der Waals surface area (Å²) in [5, 5.41) is 23.7. The Morgan fingerprint density at radius 1 is 0.431 bits per heavy atom. The monoisotopic (exact) mass is 822 g/mol. The minimum absolute atomic E-state index is 0.0879. The van der Waals surface area contributed by atoms with Crippen LogP contribution in [0.15, 0.2) is 0 Å². The lowest BCUT2D eigenvalue weighted by Crippen LogP contribution is -2.46. The van der Waals surface area contributed by atoms with Crippen LogP contribution in [0.1, 0.15) is 297 Å². The average Bonchev–Trinajstić information content (AvgIpc) is 3.22. The molecule has 0 fully saturated rings. The number of hydrogen-bond donors (Lipinski definition) is 3. The van der Waals surface area contributed by atoms with Gasteiger partial charge in [0.15, 0.2) is 0 Å². The predicted octanol–water partition coefficient (Wildman–Crippen LogP) is 15.6. The van der Waals surface area contributed by atoms with E-state index in [1.165, 1.54) is 212 Å². The Kier molecular flexibility index (Phi) is 46.0. The third kappa shape index (κ3) is 41.6. The van der Waals surface area contributed by atoms with Gasteiger partial charge in [-0.05, 0) is 25.7 Å². The first kappa shape index (κ1) is 56.9. The van der Waals surface area contributed by atoms with Crippen molar-refractivity contribution < 1.29 is 24.5 Å². The zero-order valence-corrected chi connectivity index (χ0v) is 39.5. The van der Waals surface area contributed by atoms with E-state index in [1.807, 2.05) is 0 Å². The normalized spacial score (nSPS) is 13.1. The molecule has 3 N–H and O–H groups in total. The maximum absolute atomic E-state index is 13.2. The fraction of sp³-hybridized carbons (Fsp3) is 0.962. The number of nitrogens with one attached hydrogen (secondary N) is 1. The van der Waals surface area contributed by atoms with E-state index in [-0.39, 0.29) is 24.9 Å². The number of ether oxygens (including phenoxy) is 1. The first-order valence-electron chi connectivity index (χ1n) is 26.3. The van der Waals surface area contributed by atoms with Crippen LogP contribution < -0.4 is 5.32 Å². The smallest absolute Gasteiger partial charge is 0.306 e. The summed E-state index contributed by atoms with van der Waals surface area (Å²) >= 11 is 0. The second-order valence-corrected chi connectivity index (χ2v) is 18.3. The Hall–Kier alpha value is -1.14. The Bertz CT molecular complexity index is 837. The molecule has 346 valence electrons. The molecular weight excluding hydrogens is 719 g/mol. The molecule has 0 bridgehead atoms. The first-order valence-corrected chi connectivity index (χ1v) is 26.3. The van der Waals surface area contributed by atoms with Gasteiger partial charge in [0.1, 0.15) is 6.10 Å². The molecule has 3 atom stereocenters. The van der Waals surface area contributed by atoms with E-state index in [4.69, 9.17) is 4.74 Å². The molecular formula is C52H103NO5. The van der Waals surface area contributed by atoms with Gasteiger partial charge < -0.3 is 20.3 Å². The molecule has 1 amide bonds. The molecule has 0 aromatic carbocycles. The second kappa shape index (κ2) is 46.9. The summed E-state index contributed by atoms with van der Waals surface area (Å²) in [7, 11) is 0. The average molecular weight is 822 g/mol. The van der Waals surface area contributed by atoms with E-state index in [2.05, 4.69) is 26.1 Å². The molecule has 0 aliphatic rings. The van der Waals surface area contributed by atoms with E-state index in [0.717, 1.165) is 38.5 Å². The van der Waals surface area contributed by atoms with Crippen molar-refractivity contribution >= 4 is 11.9 Å². The van der Waals surface area contributed by atoms with Crippen molar-refractivity contribution in [1.82, 2.24) is 5.32 Å². The quantitative estimate of drug-likeness (QED) is 0.0420. The van der Waals surface area contributed by atoms with Gasteiger partial charge in [-0.3, -0.25) is 9.59 Å². The number of amides is 1. The van der Waals surface area contributed by atoms with Gasteiger partial charge in [-0.2, -0.15) is 0 Å². The predicted molar refractivity (Wildman–Crippen MR) is 250 cm³/mol. The molecule has 0 heterocycles. The minimum Gasteiger partial charge on any atom is -0.462 e. The van der Waals surface area contributed by atoms with Crippen LogP contribution in [-0.4, -0.2) is 46.9 Å². The van der Waals surface area contributed by atoms with Crippen molar-refractivity contribution in [3.05, 3.63) is 0 Å². The molecule has 0 rings (SSSR count). The van der Waals surface area contributed by atoms with Gasteiger partial charge in [0.2, 0.25) is 5.91 Å². The van der Waals surface area contributed by atoms with E-state index < -0.39 is 18.2 Å². The zero-order chi connectivity index (χ0) is 42.4. The minimum atomic E-state index is -0.778.